The van der Waals surface area contributed by atoms with E-state index < -0.39 is 23.5 Å². The van der Waals surface area contributed by atoms with Crippen molar-refractivity contribution >= 4 is 74.5 Å². The van der Waals surface area contributed by atoms with Crippen LogP contribution in [0.25, 0.3) is 0 Å². The summed E-state index contributed by atoms with van der Waals surface area (Å²) in [7, 11) is 3.16. The van der Waals surface area contributed by atoms with Crippen molar-refractivity contribution in [2.75, 3.05) is 98.3 Å². The highest BCUT2D eigenvalue weighted by atomic mass is 35.5. The second kappa shape index (κ2) is 26.6. The van der Waals surface area contributed by atoms with E-state index in [1.807, 2.05) is 30.3 Å². The van der Waals surface area contributed by atoms with E-state index >= 15 is 0 Å². The zero-order chi connectivity index (χ0) is 52.7. The Kier molecular flexibility index (Phi) is 20.7. The van der Waals surface area contributed by atoms with Crippen LogP contribution in [-0.4, -0.2) is 88.4 Å². The standard InChI is InChI=1S/C26H27F3N4O3.C15H12ClF3N2O.C11H16N2O2.CH4/c1-17(34)13-18-5-3-4-6-21(18)31-23-15-25(30-16-20(23)26(27,28)29)32-22-8-7-19(14-24(22)35-2)33-9-11-36-12-10-33;1-9(22)6-10-4-2-3-5-12(10)21-13-7-14(16)20-8-11(13)15(17,18)19;1-14-11-8-9(2-3-10(11)12)13-4-6-15-7-5-13;/h3-8,14-16H,9-13H2,1-2H3,(H2,30,31,32);2-5,7-8H,6H2,1H3,(H,20,21);2-3,8H,4-7,12H2,1H3;1H4. The van der Waals surface area contributed by atoms with Gasteiger partial charge in [-0.15, -0.1) is 0 Å². The van der Waals surface area contributed by atoms with E-state index in [4.69, 9.17) is 36.3 Å². The summed E-state index contributed by atoms with van der Waals surface area (Å²) in [5.41, 5.74) is 8.93. The Balaban J connectivity index is 0.000000226. The largest absolute Gasteiger partial charge is 0.495 e. The predicted octanol–water partition coefficient (Wildman–Crippen LogP) is 11.9. The highest BCUT2D eigenvalue weighted by Crippen LogP contribution is 2.40. The maximum atomic E-state index is 13.8. The molecule has 2 aliphatic rings. The Morgan fingerprint density at radius 3 is 1.53 bits per heavy atom. The summed E-state index contributed by atoms with van der Waals surface area (Å²) in [4.78, 5) is 34.8. The average Bonchev–Trinajstić information content (AvgIpc) is 3.35. The van der Waals surface area contributed by atoms with Gasteiger partial charge in [-0.2, -0.15) is 26.3 Å². The van der Waals surface area contributed by atoms with Crippen molar-refractivity contribution in [3.63, 3.8) is 0 Å². The van der Waals surface area contributed by atoms with Gasteiger partial charge >= 0.3 is 12.4 Å². The molecule has 2 aromatic heterocycles. The fourth-order valence-electron chi connectivity index (χ4n) is 7.69. The van der Waals surface area contributed by atoms with Gasteiger partial charge in [0.2, 0.25) is 0 Å². The molecule has 74 heavy (non-hydrogen) atoms. The number of morpholine rings is 2. The first-order valence-electron chi connectivity index (χ1n) is 22.9. The first kappa shape index (κ1) is 57.6. The molecule has 5 N–H and O–H groups in total. The number of nitrogens with one attached hydrogen (secondary N) is 3. The van der Waals surface area contributed by atoms with Crippen LogP contribution < -0.4 is 41.0 Å². The fourth-order valence-corrected chi connectivity index (χ4v) is 7.85. The molecule has 21 heteroatoms. The number of aromatic nitrogens is 2. The number of alkyl halides is 6. The molecule has 0 bridgehead atoms. The number of nitrogen functional groups attached to an aromatic ring is 1. The molecule has 2 fully saturated rings. The van der Waals surface area contributed by atoms with Crippen LogP contribution >= 0.6 is 11.6 Å². The number of methoxy groups -OCH3 is 2. The molecule has 396 valence electrons. The van der Waals surface area contributed by atoms with Crippen molar-refractivity contribution in [1.29, 1.82) is 0 Å². The second-order valence-corrected chi connectivity index (χ2v) is 17.0. The third kappa shape index (κ3) is 16.4. The summed E-state index contributed by atoms with van der Waals surface area (Å²) in [5, 5.41) is 8.56. The van der Waals surface area contributed by atoms with Crippen LogP contribution in [0.1, 0.15) is 43.5 Å². The molecule has 0 aliphatic carbocycles. The molecule has 0 amide bonds. The van der Waals surface area contributed by atoms with Gasteiger partial charge in [-0.05, 0) is 67.4 Å². The van der Waals surface area contributed by atoms with E-state index in [0.29, 0.717) is 59.0 Å². The van der Waals surface area contributed by atoms with Crippen molar-refractivity contribution in [1.82, 2.24) is 9.97 Å². The number of benzene rings is 4. The van der Waals surface area contributed by atoms with Gasteiger partial charge in [0.15, 0.2) is 0 Å². The van der Waals surface area contributed by atoms with E-state index in [9.17, 15) is 35.9 Å². The van der Waals surface area contributed by atoms with Gasteiger partial charge < -0.3 is 50.4 Å². The van der Waals surface area contributed by atoms with Crippen LogP contribution in [0.5, 0.6) is 11.5 Å². The van der Waals surface area contributed by atoms with E-state index in [1.54, 1.807) is 61.7 Å². The summed E-state index contributed by atoms with van der Waals surface area (Å²) < 4.78 is 102. The number of ether oxygens (including phenoxy) is 4. The molecule has 2 saturated heterocycles. The molecule has 6 aromatic rings. The zero-order valence-corrected chi connectivity index (χ0v) is 41.2. The van der Waals surface area contributed by atoms with Crippen molar-refractivity contribution < 1.29 is 54.9 Å². The minimum atomic E-state index is -4.62. The number of hydrogen-bond donors (Lipinski definition) is 4. The Labute approximate surface area is 431 Å². The maximum Gasteiger partial charge on any atom is 0.419 e. The topological polar surface area (TPSA) is 165 Å². The molecule has 4 heterocycles. The third-order valence-corrected chi connectivity index (χ3v) is 11.5. The summed E-state index contributed by atoms with van der Waals surface area (Å²) in [6, 6.07) is 27.3. The Hall–Kier alpha value is -7.29. The normalized spacial score (nSPS) is 13.4. The SMILES string of the molecule is C.CC(=O)Cc1ccccc1Nc1cc(Cl)ncc1C(F)(F)F.COc1cc(N2CCOCC2)ccc1N.COc1cc(N2CCOCC2)ccc1Nc1cc(Nc2ccccc2CC(C)=O)c(C(F)(F)F)cn1. The highest BCUT2D eigenvalue weighted by molar-refractivity contribution is 6.29. The second-order valence-electron chi connectivity index (χ2n) is 16.6. The van der Waals surface area contributed by atoms with Crippen LogP contribution in [0.4, 0.5) is 77.7 Å². The molecular weight excluding hydrogens is 994 g/mol. The van der Waals surface area contributed by atoms with Crippen LogP contribution in [-0.2, 0) is 44.3 Å². The monoisotopic (exact) mass is 1050 g/mol. The number of nitrogens with zero attached hydrogens (tertiary/aromatic N) is 4. The average molecular weight is 1050 g/mol. The molecular formula is C53H59ClF6N8O6. The van der Waals surface area contributed by atoms with Gasteiger partial charge in [-0.1, -0.05) is 55.4 Å². The Morgan fingerprint density at radius 2 is 1.05 bits per heavy atom. The minimum Gasteiger partial charge on any atom is -0.495 e. The number of para-hydroxylation sites is 2. The summed E-state index contributed by atoms with van der Waals surface area (Å²) in [6.45, 7) is 9.07. The first-order chi connectivity index (χ1) is 34.8. The highest BCUT2D eigenvalue weighted by Gasteiger charge is 2.36. The van der Waals surface area contributed by atoms with E-state index in [1.165, 1.54) is 27.0 Å². The molecule has 4 aromatic carbocycles. The van der Waals surface area contributed by atoms with Crippen molar-refractivity contribution in [3.8, 4) is 11.5 Å². The van der Waals surface area contributed by atoms with Gasteiger partial charge in [-0.3, -0.25) is 9.59 Å². The zero-order valence-electron chi connectivity index (χ0n) is 40.4. The molecule has 2 aliphatic heterocycles. The lowest BCUT2D eigenvalue weighted by Gasteiger charge is -2.29. The van der Waals surface area contributed by atoms with Gasteiger partial charge in [0, 0.05) is 92.4 Å². The number of pyridine rings is 2. The minimum absolute atomic E-state index is 0. The van der Waals surface area contributed by atoms with Crippen LogP contribution in [0.2, 0.25) is 5.15 Å². The number of hydrogen-bond acceptors (Lipinski definition) is 14. The number of ketones is 2. The van der Waals surface area contributed by atoms with Crippen molar-refractivity contribution in [2.45, 2.75) is 46.5 Å². The summed E-state index contributed by atoms with van der Waals surface area (Å²) >= 11 is 5.68. The quantitative estimate of drug-likeness (QED) is 0.0462. The van der Waals surface area contributed by atoms with Gasteiger partial charge in [0.1, 0.15) is 34.0 Å². The van der Waals surface area contributed by atoms with Crippen LogP contribution in [0, 0.1) is 0 Å². The molecule has 0 radical (unpaired) electrons. The molecule has 0 atom stereocenters. The lowest BCUT2D eigenvalue weighted by molar-refractivity contribution is -0.138. The molecule has 0 unspecified atom stereocenters. The number of nitrogens with two attached hydrogens (primary N) is 1. The number of rotatable bonds is 14. The van der Waals surface area contributed by atoms with E-state index in [2.05, 4.69) is 35.7 Å². The molecule has 14 nitrogen and oxygen atoms in total. The van der Waals surface area contributed by atoms with Crippen molar-refractivity contribution in [3.05, 3.63) is 137 Å². The van der Waals surface area contributed by atoms with Gasteiger partial charge in [0.25, 0.3) is 0 Å². The number of halogens is 7. The lowest BCUT2D eigenvalue weighted by atomic mass is 10.1. The van der Waals surface area contributed by atoms with E-state index in [0.717, 1.165) is 68.8 Å². The molecule has 8 rings (SSSR count). The molecule has 0 spiro atoms. The van der Waals surface area contributed by atoms with Gasteiger partial charge in [0.05, 0.1) is 74.5 Å². The van der Waals surface area contributed by atoms with Crippen LogP contribution in [0.3, 0.4) is 0 Å². The summed E-state index contributed by atoms with van der Waals surface area (Å²) in [6.07, 6.45) is -7.49. The fraction of sp³-hybridized carbons (Fsp3) is 0.321. The lowest BCUT2D eigenvalue weighted by Crippen LogP contribution is -2.36. The molecule has 0 saturated carbocycles. The number of carbonyl (C=O) groups is 2. The first-order valence-corrected chi connectivity index (χ1v) is 23.2. The van der Waals surface area contributed by atoms with Gasteiger partial charge in [-0.25, -0.2) is 9.97 Å². The number of anilines is 9. The smallest absolute Gasteiger partial charge is 0.419 e. The third-order valence-electron chi connectivity index (χ3n) is 11.3. The van der Waals surface area contributed by atoms with E-state index in [-0.39, 0.29) is 54.2 Å². The summed E-state index contributed by atoms with van der Waals surface area (Å²) in [5.74, 6) is 1.29. The number of carbonyl (C=O) groups excluding carboxylic acids is 2. The predicted molar refractivity (Wildman–Crippen MR) is 278 cm³/mol. The number of Topliss-reactive ketones (excluding diaryl/α,β-unsaturated/α-hetero) is 2. The maximum absolute atomic E-state index is 13.8. The Morgan fingerprint density at radius 1 is 0.608 bits per heavy atom. The van der Waals surface area contributed by atoms with Crippen molar-refractivity contribution in [2.24, 2.45) is 0 Å². The van der Waals surface area contributed by atoms with Crippen LogP contribution in [0.15, 0.2) is 109 Å². The Bertz CT molecular complexity index is 2830.